The highest BCUT2D eigenvalue weighted by molar-refractivity contribution is 7.99. The van der Waals surface area contributed by atoms with Crippen molar-refractivity contribution in [3.05, 3.63) is 42.2 Å². The van der Waals surface area contributed by atoms with Crippen molar-refractivity contribution in [1.82, 2.24) is 25.0 Å². The van der Waals surface area contributed by atoms with E-state index in [-0.39, 0.29) is 23.6 Å². The van der Waals surface area contributed by atoms with Crippen LogP contribution in [-0.2, 0) is 23.1 Å². The highest BCUT2D eigenvalue weighted by Gasteiger charge is 2.30. The lowest BCUT2D eigenvalue weighted by molar-refractivity contribution is -0.127. The molecular formula is C17H21N5O2S. The van der Waals surface area contributed by atoms with E-state index >= 15 is 0 Å². The van der Waals surface area contributed by atoms with E-state index in [1.165, 1.54) is 17.3 Å². The summed E-state index contributed by atoms with van der Waals surface area (Å²) in [6, 6.07) is 9.98. The topological polar surface area (TPSA) is 80.1 Å². The minimum Gasteiger partial charge on any atom is -0.350 e. The van der Waals surface area contributed by atoms with Gasteiger partial charge >= 0.3 is 0 Å². The van der Waals surface area contributed by atoms with Gasteiger partial charge < -0.3 is 14.8 Å². The molecule has 132 valence electrons. The molecule has 25 heavy (non-hydrogen) atoms. The van der Waals surface area contributed by atoms with Crippen LogP contribution in [0, 0.1) is 0 Å². The number of benzene rings is 1. The van der Waals surface area contributed by atoms with Crippen molar-refractivity contribution < 1.29 is 9.59 Å². The Balaban J connectivity index is 1.42. The molecule has 1 saturated heterocycles. The van der Waals surface area contributed by atoms with Crippen molar-refractivity contribution in [1.29, 1.82) is 0 Å². The Bertz CT molecular complexity index is 734. The van der Waals surface area contributed by atoms with Crippen LogP contribution in [0.5, 0.6) is 0 Å². The van der Waals surface area contributed by atoms with E-state index in [4.69, 9.17) is 0 Å². The number of aryl methyl sites for hydroxylation is 1. The van der Waals surface area contributed by atoms with Crippen LogP contribution in [0.25, 0.3) is 0 Å². The van der Waals surface area contributed by atoms with Crippen molar-refractivity contribution in [2.24, 2.45) is 7.05 Å². The number of nitrogens with one attached hydrogen (secondary N) is 1. The Morgan fingerprint density at radius 2 is 2.16 bits per heavy atom. The van der Waals surface area contributed by atoms with E-state index in [1.54, 1.807) is 10.9 Å². The number of nitrogens with zero attached hydrogens (tertiary/aromatic N) is 4. The molecule has 8 heteroatoms. The molecule has 1 aromatic heterocycles. The maximum atomic E-state index is 12.1. The molecule has 0 bridgehead atoms. The van der Waals surface area contributed by atoms with Crippen molar-refractivity contribution >= 4 is 23.6 Å². The standard InChI is InChI=1S/C17H21N5O2S/c1-21-12-18-20-17(21)25-11-15(23)19-14-9-16(24)22(10-14)8-7-13-5-3-2-4-6-13/h2-6,12,14H,7-11H2,1H3,(H,19,23)/t14-/m1/s1. The number of carbonyl (C=O) groups is 2. The molecule has 1 aliphatic heterocycles. The molecule has 1 aromatic carbocycles. The Morgan fingerprint density at radius 1 is 1.36 bits per heavy atom. The molecule has 0 saturated carbocycles. The summed E-state index contributed by atoms with van der Waals surface area (Å²) in [6.07, 6.45) is 2.80. The Kier molecular flexibility index (Phi) is 5.70. The largest absolute Gasteiger partial charge is 0.350 e. The third kappa shape index (κ3) is 4.82. The van der Waals surface area contributed by atoms with Crippen molar-refractivity contribution in [2.45, 2.75) is 24.0 Å². The van der Waals surface area contributed by atoms with Crippen LogP contribution in [0.4, 0.5) is 0 Å². The summed E-state index contributed by atoms with van der Waals surface area (Å²) in [5.74, 6) is 0.277. The quantitative estimate of drug-likeness (QED) is 0.742. The molecule has 3 rings (SSSR count). The molecule has 0 spiro atoms. The fourth-order valence-corrected chi connectivity index (χ4v) is 3.50. The van der Waals surface area contributed by atoms with Crippen LogP contribution < -0.4 is 5.32 Å². The lowest BCUT2D eigenvalue weighted by Gasteiger charge is -2.17. The number of carbonyl (C=O) groups excluding carboxylic acids is 2. The van der Waals surface area contributed by atoms with Crippen LogP contribution in [0.2, 0.25) is 0 Å². The molecule has 0 unspecified atom stereocenters. The molecule has 1 atom stereocenters. The zero-order valence-corrected chi connectivity index (χ0v) is 14.9. The van der Waals surface area contributed by atoms with Gasteiger partial charge in [-0.3, -0.25) is 9.59 Å². The van der Waals surface area contributed by atoms with Gasteiger partial charge in [-0.15, -0.1) is 10.2 Å². The lowest BCUT2D eigenvalue weighted by atomic mass is 10.1. The molecule has 0 aliphatic carbocycles. The van der Waals surface area contributed by atoms with Gasteiger partial charge in [-0.25, -0.2) is 0 Å². The maximum Gasteiger partial charge on any atom is 0.230 e. The minimum atomic E-state index is -0.115. The summed E-state index contributed by atoms with van der Waals surface area (Å²) in [5.41, 5.74) is 1.21. The fraction of sp³-hybridized carbons (Fsp3) is 0.412. The summed E-state index contributed by atoms with van der Waals surface area (Å²) in [7, 11) is 1.83. The van der Waals surface area contributed by atoms with Gasteiger partial charge in [0, 0.05) is 26.6 Å². The van der Waals surface area contributed by atoms with E-state index in [2.05, 4.69) is 27.6 Å². The number of aromatic nitrogens is 3. The van der Waals surface area contributed by atoms with Gasteiger partial charge in [-0.05, 0) is 12.0 Å². The molecule has 2 aromatic rings. The van der Waals surface area contributed by atoms with Gasteiger partial charge in [0.1, 0.15) is 6.33 Å². The zero-order chi connectivity index (χ0) is 17.6. The van der Waals surface area contributed by atoms with Crippen LogP contribution in [-0.4, -0.2) is 56.4 Å². The minimum absolute atomic E-state index is 0.0873. The summed E-state index contributed by atoms with van der Waals surface area (Å²) in [6.45, 7) is 1.26. The van der Waals surface area contributed by atoms with Gasteiger partial charge in [0.2, 0.25) is 11.8 Å². The van der Waals surface area contributed by atoms with Gasteiger partial charge in [0.25, 0.3) is 0 Å². The first-order valence-electron chi connectivity index (χ1n) is 8.19. The maximum absolute atomic E-state index is 12.1. The van der Waals surface area contributed by atoms with Crippen molar-refractivity contribution in [3.63, 3.8) is 0 Å². The number of amides is 2. The molecule has 1 fully saturated rings. The highest BCUT2D eigenvalue weighted by atomic mass is 32.2. The fourth-order valence-electron chi connectivity index (χ4n) is 2.80. The lowest BCUT2D eigenvalue weighted by Crippen LogP contribution is -2.38. The number of likely N-dealkylation sites (tertiary alicyclic amines) is 1. The van der Waals surface area contributed by atoms with Crippen molar-refractivity contribution in [3.8, 4) is 0 Å². The van der Waals surface area contributed by atoms with E-state index in [0.29, 0.717) is 24.7 Å². The number of rotatable bonds is 7. The number of hydrogen-bond acceptors (Lipinski definition) is 5. The van der Waals surface area contributed by atoms with E-state index in [1.807, 2.05) is 30.1 Å². The first kappa shape index (κ1) is 17.5. The van der Waals surface area contributed by atoms with Crippen molar-refractivity contribution in [2.75, 3.05) is 18.8 Å². The summed E-state index contributed by atoms with van der Waals surface area (Å²) < 4.78 is 1.77. The molecule has 1 N–H and O–H groups in total. The summed E-state index contributed by atoms with van der Waals surface area (Å²) >= 11 is 1.33. The molecule has 1 aliphatic rings. The molecule has 7 nitrogen and oxygen atoms in total. The second-order valence-corrected chi connectivity index (χ2v) is 7.00. The second-order valence-electron chi connectivity index (χ2n) is 6.06. The van der Waals surface area contributed by atoms with Gasteiger partial charge in [0.15, 0.2) is 5.16 Å². The third-order valence-electron chi connectivity index (χ3n) is 4.10. The predicted octanol–water partition coefficient (Wildman–Crippen LogP) is 0.867. The number of hydrogen-bond donors (Lipinski definition) is 1. The highest BCUT2D eigenvalue weighted by Crippen LogP contribution is 2.15. The Labute approximate surface area is 150 Å². The van der Waals surface area contributed by atoms with Crippen LogP contribution >= 0.6 is 11.8 Å². The number of thioether (sulfide) groups is 1. The Morgan fingerprint density at radius 3 is 2.88 bits per heavy atom. The SMILES string of the molecule is Cn1cnnc1SCC(=O)N[C@@H]1CC(=O)N(CCc2ccccc2)C1. The predicted molar refractivity (Wildman–Crippen MR) is 95.0 cm³/mol. The normalized spacial score (nSPS) is 17.1. The average molecular weight is 359 g/mol. The van der Waals surface area contributed by atoms with E-state index in [0.717, 1.165) is 6.42 Å². The summed E-state index contributed by atoms with van der Waals surface area (Å²) in [5, 5.41) is 11.3. The summed E-state index contributed by atoms with van der Waals surface area (Å²) in [4.78, 5) is 26.0. The first-order chi connectivity index (χ1) is 12.1. The monoisotopic (exact) mass is 359 g/mol. The van der Waals surface area contributed by atoms with Crippen LogP contribution in [0.3, 0.4) is 0 Å². The Hall–Kier alpha value is -2.35. The zero-order valence-electron chi connectivity index (χ0n) is 14.1. The van der Waals surface area contributed by atoms with Crippen LogP contribution in [0.15, 0.2) is 41.8 Å². The van der Waals surface area contributed by atoms with E-state index in [9.17, 15) is 9.59 Å². The molecular weight excluding hydrogens is 338 g/mol. The van der Waals surface area contributed by atoms with Gasteiger partial charge in [-0.2, -0.15) is 0 Å². The molecule has 0 radical (unpaired) electrons. The average Bonchev–Trinajstić information content (AvgIpc) is 3.17. The second kappa shape index (κ2) is 8.15. The molecule has 2 heterocycles. The first-order valence-corrected chi connectivity index (χ1v) is 9.18. The third-order valence-corrected chi connectivity index (χ3v) is 5.13. The van der Waals surface area contributed by atoms with Gasteiger partial charge in [-0.1, -0.05) is 42.1 Å². The smallest absolute Gasteiger partial charge is 0.230 e. The van der Waals surface area contributed by atoms with Gasteiger partial charge in [0.05, 0.1) is 11.8 Å². The molecule has 2 amide bonds. The van der Waals surface area contributed by atoms with Crippen LogP contribution in [0.1, 0.15) is 12.0 Å². The van der Waals surface area contributed by atoms with E-state index < -0.39 is 0 Å².